The summed E-state index contributed by atoms with van der Waals surface area (Å²) >= 11 is 0. The molecule has 0 unspecified atom stereocenters. The number of hydrogen-bond acceptors (Lipinski definition) is 4. The van der Waals surface area contributed by atoms with Crippen molar-refractivity contribution in [3.05, 3.63) is 35.9 Å². The number of hydrogen-bond donors (Lipinski definition) is 1. The average Bonchev–Trinajstić information content (AvgIpc) is 2.46. The zero-order chi connectivity index (χ0) is 14.8. The number of benzene rings is 1. The lowest BCUT2D eigenvalue weighted by atomic mass is 10.0. The van der Waals surface area contributed by atoms with Gasteiger partial charge in [-0.25, -0.2) is 0 Å². The second kappa shape index (κ2) is 9.50. The Kier molecular flexibility index (Phi) is 7.92. The minimum atomic E-state index is -0.626. The molecule has 0 aliphatic carbocycles. The molecule has 0 heterocycles. The van der Waals surface area contributed by atoms with Crippen LogP contribution in [0, 0.1) is 5.92 Å². The Bertz CT molecular complexity index is 377. The molecule has 1 rings (SSSR count). The summed E-state index contributed by atoms with van der Waals surface area (Å²) in [6.45, 7) is 3.34. The molecule has 4 heteroatoms. The fraction of sp³-hybridized carbons (Fsp3) is 0.562. The van der Waals surface area contributed by atoms with Gasteiger partial charge in [0.15, 0.2) is 0 Å². The van der Waals surface area contributed by atoms with Crippen molar-refractivity contribution in [2.24, 2.45) is 5.92 Å². The van der Waals surface area contributed by atoms with Crippen molar-refractivity contribution in [1.82, 2.24) is 0 Å². The predicted octanol–water partition coefficient (Wildman–Crippen LogP) is 2.54. The van der Waals surface area contributed by atoms with Gasteiger partial charge >= 0.3 is 5.97 Å². The van der Waals surface area contributed by atoms with E-state index >= 15 is 0 Å². The van der Waals surface area contributed by atoms with Gasteiger partial charge in [0.25, 0.3) is 0 Å². The summed E-state index contributed by atoms with van der Waals surface area (Å²) < 4.78 is 10.2. The summed E-state index contributed by atoms with van der Waals surface area (Å²) in [6.07, 6.45) is 0.852. The molecule has 0 spiro atoms. The lowest BCUT2D eigenvalue weighted by Gasteiger charge is -2.14. The van der Waals surface area contributed by atoms with Crippen LogP contribution >= 0.6 is 0 Å². The second-order valence-electron chi connectivity index (χ2n) is 5.12. The molecule has 20 heavy (non-hydrogen) atoms. The van der Waals surface area contributed by atoms with Gasteiger partial charge in [-0.1, -0.05) is 37.3 Å². The summed E-state index contributed by atoms with van der Waals surface area (Å²) in [6, 6.07) is 10.0. The molecule has 0 aliphatic rings. The summed E-state index contributed by atoms with van der Waals surface area (Å²) in [5.74, 6) is -0.0171. The van der Waals surface area contributed by atoms with E-state index in [1.165, 1.54) is 7.11 Å². The number of carbonyl (C=O) groups excluding carboxylic acids is 1. The van der Waals surface area contributed by atoms with Crippen LogP contribution < -0.4 is 0 Å². The molecule has 0 saturated heterocycles. The first-order chi connectivity index (χ1) is 9.61. The highest BCUT2D eigenvalue weighted by Gasteiger charge is 2.12. The minimum absolute atomic E-state index is 0.0636. The van der Waals surface area contributed by atoms with Crippen molar-refractivity contribution in [2.45, 2.75) is 38.9 Å². The molecule has 4 nitrogen and oxygen atoms in total. The topological polar surface area (TPSA) is 55.8 Å². The first kappa shape index (κ1) is 16.7. The van der Waals surface area contributed by atoms with Crippen LogP contribution in [0.2, 0.25) is 0 Å². The maximum absolute atomic E-state index is 11.0. The van der Waals surface area contributed by atoms with Crippen LogP contribution in [-0.2, 0) is 20.9 Å². The fourth-order valence-electron chi connectivity index (χ4n) is 1.89. The van der Waals surface area contributed by atoms with E-state index in [2.05, 4.69) is 11.7 Å². The number of carbonyl (C=O) groups is 1. The van der Waals surface area contributed by atoms with E-state index in [9.17, 15) is 9.90 Å². The zero-order valence-electron chi connectivity index (χ0n) is 12.2. The van der Waals surface area contributed by atoms with Crippen LogP contribution in [-0.4, -0.2) is 30.9 Å². The van der Waals surface area contributed by atoms with Crippen LogP contribution in [0.3, 0.4) is 0 Å². The SMILES string of the molecule is COC(=O)C[C@H](O)CC[C@H](C)COCc1ccccc1. The Balaban J connectivity index is 2.11. The van der Waals surface area contributed by atoms with E-state index in [1.807, 2.05) is 30.3 Å². The van der Waals surface area contributed by atoms with Gasteiger partial charge in [0.05, 0.1) is 26.2 Å². The Morgan fingerprint density at radius 1 is 1.25 bits per heavy atom. The van der Waals surface area contributed by atoms with Gasteiger partial charge in [0.2, 0.25) is 0 Å². The van der Waals surface area contributed by atoms with Crippen LogP contribution in [0.25, 0.3) is 0 Å². The monoisotopic (exact) mass is 280 g/mol. The average molecular weight is 280 g/mol. The Hall–Kier alpha value is -1.39. The molecule has 2 atom stereocenters. The van der Waals surface area contributed by atoms with Crippen LogP contribution in [0.4, 0.5) is 0 Å². The molecule has 0 aromatic heterocycles. The van der Waals surface area contributed by atoms with E-state index in [0.717, 1.165) is 12.0 Å². The number of rotatable bonds is 9. The lowest BCUT2D eigenvalue weighted by Crippen LogP contribution is -2.16. The molecule has 0 saturated carbocycles. The Morgan fingerprint density at radius 2 is 1.95 bits per heavy atom. The van der Waals surface area contributed by atoms with Crippen molar-refractivity contribution in [2.75, 3.05) is 13.7 Å². The molecular weight excluding hydrogens is 256 g/mol. The second-order valence-corrected chi connectivity index (χ2v) is 5.12. The maximum atomic E-state index is 11.0. The molecule has 0 amide bonds. The summed E-state index contributed by atoms with van der Waals surface area (Å²) in [7, 11) is 1.33. The first-order valence-electron chi connectivity index (χ1n) is 6.98. The highest BCUT2D eigenvalue weighted by Crippen LogP contribution is 2.12. The van der Waals surface area contributed by atoms with Crippen molar-refractivity contribution in [3.63, 3.8) is 0 Å². The highest BCUT2D eigenvalue weighted by atomic mass is 16.5. The van der Waals surface area contributed by atoms with Gasteiger partial charge in [-0.05, 0) is 24.3 Å². The van der Waals surface area contributed by atoms with Crippen LogP contribution in [0.15, 0.2) is 30.3 Å². The standard InChI is InChI=1S/C16H24O4/c1-13(8-9-15(17)10-16(18)19-2)11-20-12-14-6-4-3-5-7-14/h3-7,13,15,17H,8-12H2,1-2H3/t13-,15+/m0/s1. The number of aliphatic hydroxyl groups excluding tert-OH is 1. The quantitative estimate of drug-likeness (QED) is 0.706. The van der Waals surface area contributed by atoms with Crippen LogP contribution in [0.5, 0.6) is 0 Å². The molecule has 0 aliphatic heterocycles. The molecule has 1 N–H and O–H groups in total. The van der Waals surface area contributed by atoms with Gasteiger partial charge in [-0.2, -0.15) is 0 Å². The zero-order valence-corrected chi connectivity index (χ0v) is 12.2. The molecular formula is C16H24O4. The van der Waals surface area contributed by atoms with Gasteiger partial charge < -0.3 is 14.6 Å². The fourth-order valence-corrected chi connectivity index (χ4v) is 1.89. The van der Waals surface area contributed by atoms with Crippen molar-refractivity contribution in [1.29, 1.82) is 0 Å². The van der Waals surface area contributed by atoms with E-state index in [1.54, 1.807) is 0 Å². The molecule has 0 bridgehead atoms. The third-order valence-corrected chi connectivity index (χ3v) is 3.14. The van der Waals surface area contributed by atoms with E-state index in [0.29, 0.717) is 25.6 Å². The number of esters is 1. The number of aliphatic hydroxyl groups is 1. The summed E-state index contributed by atoms with van der Waals surface area (Å²) in [5.41, 5.74) is 1.16. The molecule has 1 aromatic carbocycles. The van der Waals surface area contributed by atoms with Crippen molar-refractivity contribution >= 4 is 5.97 Å². The van der Waals surface area contributed by atoms with Gasteiger partial charge in [-0.3, -0.25) is 4.79 Å². The number of methoxy groups -OCH3 is 1. The normalized spacial score (nSPS) is 13.8. The molecule has 1 aromatic rings. The van der Waals surface area contributed by atoms with Gasteiger partial charge in [-0.15, -0.1) is 0 Å². The highest BCUT2D eigenvalue weighted by molar-refractivity contribution is 5.69. The van der Waals surface area contributed by atoms with E-state index in [-0.39, 0.29) is 12.4 Å². The van der Waals surface area contributed by atoms with Crippen molar-refractivity contribution in [3.8, 4) is 0 Å². The minimum Gasteiger partial charge on any atom is -0.469 e. The molecule has 0 fully saturated rings. The summed E-state index contributed by atoms with van der Waals surface area (Å²) in [5, 5.41) is 9.66. The Morgan fingerprint density at radius 3 is 2.60 bits per heavy atom. The molecule has 0 radical (unpaired) electrons. The van der Waals surface area contributed by atoms with Gasteiger partial charge in [0, 0.05) is 6.61 Å². The third kappa shape index (κ3) is 7.26. The summed E-state index contributed by atoms with van der Waals surface area (Å²) in [4.78, 5) is 11.0. The largest absolute Gasteiger partial charge is 0.469 e. The Labute approximate surface area is 120 Å². The van der Waals surface area contributed by atoms with Crippen molar-refractivity contribution < 1.29 is 19.4 Å². The smallest absolute Gasteiger partial charge is 0.308 e. The van der Waals surface area contributed by atoms with Gasteiger partial charge in [0.1, 0.15) is 0 Å². The third-order valence-electron chi connectivity index (χ3n) is 3.14. The van der Waals surface area contributed by atoms with E-state index < -0.39 is 6.10 Å². The predicted molar refractivity (Wildman–Crippen MR) is 77.1 cm³/mol. The molecule has 112 valence electrons. The first-order valence-corrected chi connectivity index (χ1v) is 6.98. The van der Waals surface area contributed by atoms with E-state index in [4.69, 9.17) is 4.74 Å². The number of ether oxygens (including phenoxy) is 2. The van der Waals surface area contributed by atoms with Crippen LogP contribution in [0.1, 0.15) is 31.7 Å². The maximum Gasteiger partial charge on any atom is 0.308 e. The lowest BCUT2D eigenvalue weighted by molar-refractivity contribution is -0.142.